The second-order valence-corrected chi connectivity index (χ2v) is 10.0. The van der Waals surface area contributed by atoms with Crippen LogP contribution in [-0.4, -0.2) is 80.2 Å². The van der Waals surface area contributed by atoms with Crippen LogP contribution < -0.4 is 10.6 Å². The smallest absolute Gasteiger partial charge is 0.213 e. The summed E-state index contributed by atoms with van der Waals surface area (Å²) >= 11 is 0. The SMILES string of the molecule is CCNC(=NCCCN(C(C)C)C(C)C)NC1CCN(S(=O)(=O)CC)CC1.I. The van der Waals surface area contributed by atoms with E-state index in [1.54, 1.807) is 11.2 Å². The second kappa shape index (κ2) is 14.0. The summed E-state index contributed by atoms with van der Waals surface area (Å²) in [4.78, 5) is 7.20. The van der Waals surface area contributed by atoms with Gasteiger partial charge in [-0.1, -0.05) is 0 Å². The third kappa shape index (κ3) is 9.58. The predicted molar refractivity (Wildman–Crippen MR) is 130 cm³/mol. The maximum Gasteiger partial charge on any atom is 0.213 e. The molecule has 9 heteroatoms. The minimum atomic E-state index is -3.07. The van der Waals surface area contributed by atoms with Crippen molar-refractivity contribution in [2.75, 3.05) is 38.5 Å². The van der Waals surface area contributed by atoms with Crippen molar-refractivity contribution in [3.63, 3.8) is 0 Å². The zero-order valence-corrected chi connectivity index (χ0v) is 21.7. The highest BCUT2D eigenvalue weighted by molar-refractivity contribution is 14.0. The van der Waals surface area contributed by atoms with Gasteiger partial charge in [-0.3, -0.25) is 9.89 Å². The molecule has 168 valence electrons. The number of hydrogen-bond acceptors (Lipinski definition) is 4. The van der Waals surface area contributed by atoms with Crippen LogP contribution in [-0.2, 0) is 10.0 Å². The topological polar surface area (TPSA) is 77.0 Å². The highest BCUT2D eigenvalue weighted by atomic mass is 127. The number of nitrogens with zero attached hydrogens (tertiary/aromatic N) is 3. The molecule has 0 aromatic heterocycles. The predicted octanol–water partition coefficient (Wildman–Crippen LogP) is 2.48. The van der Waals surface area contributed by atoms with Gasteiger partial charge in [0.15, 0.2) is 5.96 Å². The van der Waals surface area contributed by atoms with E-state index in [1.165, 1.54) is 0 Å². The summed E-state index contributed by atoms with van der Waals surface area (Å²) in [5.74, 6) is 1.02. The average Bonchev–Trinajstić information content (AvgIpc) is 2.61. The number of sulfonamides is 1. The highest BCUT2D eigenvalue weighted by Crippen LogP contribution is 2.14. The van der Waals surface area contributed by atoms with E-state index in [4.69, 9.17) is 4.99 Å². The van der Waals surface area contributed by atoms with Gasteiger partial charge in [-0.15, -0.1) is 24.0 Å². The van der Waals surface area contributed by atoms with Crippen LogP contribution in [0, 0.1) is 0 Å². The maximum absolute atomic E-state index is 12.0. The van der Waals surface area contributed by atoms with Crippen molar-refractivity contribution in [3.05, 3.63) is 0 Å². The summed E-state index contributed by atoms with van der Waals surface area (Å²) < 4.78 is 25.6. The van der Waals surface area contributed by atoms with Crippen molar-refractivity contribution in [1.29, 1.82) is 0 Å². The van der Waals surface area contributed by atoms with Crippen LogP contribution in [0.4, 0.5) is 0 Å². The fraction of sp³-hybridized carbons (Fsp3) is 0.947. The van der Waals surface area contributed by atoms with Crippen molar-refractivity contribution in [2.45, 2.75) is 78.9 Å². The molecule has 1 heterocycles. The van der Waals surface area contributed by atoms with Gasteiger partial charge >= 0.3 is 0 Å². The number of rotatable bonds is 10. The number of halogens is 1. The molecule has 28 heavy (non-hydrogen) atoms. The molecule has 1 aliphatic heterocycles. The molecular weight excluding hydrogens is 489 g/mol. The van der Waals surface area contributed by atoms with E-state index in [9.17, 15) is 8.42 Å². The van der Waals surface area contributed by atoms with Gasteiger partial charge in [-0.2, -0.15) is 0 Å². The molecule has 0 aliphatic carbocycles. The quantitative estimate of drug-likeness (QED) is 0.196. The van der Waals surface area contributed by atoms with Crippen LogP contribution in [0.2, 0.25) is 0 Å². The van der Waals surface area contributed by atoms with Gasteiger partial charge in [0.05, 0.1) is 5.75 Å². The summed E-state index contributed by atoms with van der Waals surface area (Å²) in [6.07, 6.45) is 2.66. The summed E-state index contributed by atoms with van der Waals surface area (Å²) in [7, 11) is -3.07. The van der Waals surface area contributed by atoms with Crippen LogP contribution >= 0.6 is 24.0 Å². The zero-order chi connectivity index (χ0) is 20.4. The van der Waals surface area contributed by atoms with E-state index < -0.39 is 10.0 Å². The molecule has 7 nitrogen and oxygen atoms in total. The van der Waals surface area contributed by atoms with Gasteiger partial charge in [-0.25, -0.2) is 12.7 Å². The first-order valence-corrected chi connectivity index (χ1v) is 12.1. The fourth-order valence-electron chi connectivity index (χ4n) is 3.53. The number of guanidine groups is 1. The number of hydrogen-bond donors (Lipinski definition) is 2. The number of aliphatic imine (C=N–C) groups is 1. The Morgan fingerprint density at radius 2 is 1.71 bits per heavy atom. The van der Waals surface area contributed by atoms with Gasteiger partial charge in [0.2, 0.25) is 10.0 Å². The Balaban J connectivity index is 0.00000729. The lowest BCUT2D eigenvalue weighted by Gasteiger charge is -2.32. The minimum absolute atomic E-state index is 0. The molecule has 0 spiro atoms. The van der Waals surface area contributed by atoms with Gasteiger partial charge in [-0.05, 0) is 60.8 Å². The Labute approximate surface area is 190 Å². The van der Waals surface area contributed by atoms with Gasteiger partial charge in [0.1, 0.15) is 0 Å². The Morgan fingerprint density at radius 1 is 1.14 bits per heavy atom. The van der Waals surface area contributed by atoms with E-state index >= 15 is 0 Å². The molecule has 0 unspecified atom stereocenters. The van der Waals surface area contributed by atoms with Crippen LogP contribution in [0.15, 0.2) is 4.99 Å². The van der Waals surface area contributed by atoms with E-state index in [0.29, 0.717) is 25.2 Å². The first kappa shape index (κ1) is 27.9. The Morgan fingerprint density at radius 3 is 2.18 bits per heavy atom. The first-order valence-electron chi connectivity index (χ1n) is 10.5. The van der Waals surface area contributed by atoms with Gasteiger partial charge in [0.25, 0.3) is 0 Å². The fourth-order valence-corrected chi connectivity index (χ4v) is 4.66. The van der Waals surface area contributed by atoms with E-state index in [2.05, 4.69) is 50.2 Å². The standard InChI is InChI=1S/C19H41N5O2S.HI/c1-7-20-19(21-12-9-13-24(16(3)4)17(5)6)22-18-10-14-23(15-11-18)27(25,26)8-2;/h16-18H,7-15H2,1-6H3,(H2,20,21,22);1H. The molecule has 0 amide bonds. The van der Waals surface area contributed by atoms with Gasteiger partial charge < -0.3 is 10.6 Å². The van der Waals surface area contributed by atoms with Crippen LogP contribution in [0.3, 0.4) is 0 Å². The summed E-state index contributed by atoms with van der Waals surface area (Å²) in [5, 5.41) is 6.79. The van der Waals surface area contributed by atoms with E-state index in [1.807, 2.05) is 0 Å². The lowest BCUT2D eigenvalue weighted by atomic mass is 10.1. The molecule has 1 aliphatic rings. The Bertz CT molecular complexity index is 539. The molecule has 1 rings (SSSR count). The van der Waals surface area contributed by atoms with E-state index in [0.717, 1.165) is 44.9 Å². The zero-order valence-electron chi connectivity index (χ0n) is 18.6. The normalized spacial score (nSPS) is 17.2. The van der Waals surface area contributed by atoms with Crippen molar-refractivity contribution < 1.29 is 8.42 Å². The summed E-state index contributed by atoms with van der Waals surface area (Å²) in [6.45, 7) is 16.5. The Kier molecular flexibility index (Phi) is 13.9. The van der Waals surface area contributed by atoms with Gasteiger partial charge in [0, 0.05) is 50.8 Å². The summed E-state index contributed by atoms with van der Waals surface area (Å²) in [6, 6.07) is 1.36. The molecule has 1 saturated heterocycles. The third-order valence-corrected chi connectivity index (χ3v) is 6.95. The molecule has 0 bridgehead atoms. The summed E-state index contributed by atoms with van der Waals surface area (Å²) in [5.41, 5.74) is 0. The molecule has 0 saturated carbocycles. The Hall–Kier alpha value is -0.130. The molecular formula is C19H42IN5O2S. The van der Waals surface area contributed by atoms with Crippen LogP contribution in [0.5, 0.6) is 0 Å². The first-order chi connectivity index (χ1) is 12.7. The molecule has 2 N–H and O–H groups in total. The third-order valence-electron chi connectivity index (χ3n) is 5.07. The number of piperidine rings is 1. The minimum Gasteiger partial charge on any atom is -0.357 e. The van der Waals surface area contributed by atoms with Crippen molar-refractivity contribution >= 4 is 40.0 Å². The maximum atomic E-state index is 12.0. The molecule has 0 radical (unpaired) electrons. The lowest BCUT2D eigenvalue weighted by molar-refractivity contribution is 0.174. The average molecular weight is 532 g/mol. The largest absolute Gasteiger partial charge is 0.357 e. The molecule has 0 atom stereocenters. The molecule has 0 aromatic carbocycles. The van der Waals surface area contributed by atoms with Crippen molar-refractivity contribution in [3.8, 4) is 0 Å². The monoisotopic (exact) mass is 531 g/mol. The van der Waals surface area contributed by atoms with Crippen LogP contribution in [0.25, 0.3) is 0 Å². The van der Waals surface area contributed by atoms with Crippen molar-refractivity contribution in [2.24, 2.45) is 4.99 Å². The van der Waals surface area contributed by atoms with E-state index in [-0.39, 0.29) is 35.8 Å². The molecule has 1 fully saturated rings. The van der Waals surface area contributed by atoms with Crippen LogP contribution in [0.1, 0.15) is 60.8 Å². The second-order valence-electron chi connectivity index (χ2n) is 7.76. The molecule has 0 aromatic rings. The van der Waals surface area contributed by atoms with Crippen molar-refractivity contribution in [1.82, 2.24) is 19.8 Å². The number of nitrogens with one attached hydrogen (secondary N) is 2. The highest BCUT2D eigenvalue weighted by Gasteiger charge is 2.27. The lowest BCUT2D eigenvalue weighted by Crippen LogP contribution is -2.50.